The first-order chi connectivity index (χ1) is 8.65. The zero-order valence-corrected chi connectivity index (χ0v) is 12.3. The molecule has 18 heavy (non-hydrogen) atoms. The third-order valence-electron chi connectivity index (χ3n) is 4.06. The molecule has 100 valence electrons. The van der Waals surface area contributed by atoms with Gasteiger partial charge in [-0.1, -0.05) is 31.4 Å². The van der Waals surface area contributed by atoms with E-state index < -0.39 is 0 Å². The van der Waals surface area contributed by atoms with E-state index in [1.54, 1.807) is 0 Å². The first kappa shape index (κ1) is 13.6. The van der Waals surface area contributed by atoms with Gasteiger partial charge in [-0.2, -0.15) is 0 Å². The van der Waals surface area contributed by atoms with E-state index in [4.69, 9.17) is 11.6 Å². The van der Waals surface area contributed by atoms with Crippen LogP contribution in [0.3, 0.4) is 0 Å². The van der Waals surface area contributed by atoms with Gasteiger partial charge in [-0.05, 0) is 44.2 Å². The first-order valence-corrected chi connectivity index (χ1v) is 7.29. The van der Waals surface area contributed by atoms with Crippen molar-refractivity contribution in [1.82, 2.24) is 10.2 Å². The molecule has 1 atom stereocenters. The van der Waals surface area contributed by atoms with Crippen molar-refractivity contribution in [2.45, 2.75) is 58.9 Å². The average molecular weight is 268 g/mol. The summed E-state index contributed by atoms with van der Waals surface area (Å²) >= 11 is 6.04. The van der Waals surface area contributed by atoms with Gasteiger partial charge in [-0.15, -0.1) is 10.2 Å². The summed E-state index contributed by atoms with van der Waals surface area (Å²) in [6.45, 7) is 7.47. The number of hydrogen-bond acceptors (Lipinski definition) is 3. The Balaban J connectivity index is 2.36. The predicted octanol–water partition coefficient (Wildman–Crippen LogP) is 3.91. The first-order valence-electron chi connectivity index (χ1n) is 6.91. The van der Waals surface area contributed by atoms with Crippen molar-refractivity contribution < 1.29 is 0 Å². The maximum atomic E-state index is 6.04. The van der Waals surface area contributed by atoms with Crippen LogP contribution in [0.5, 0.6) is 0 Å². The van der Waals surface area contributed by atoms with E-state index in [0.29, 0.717) is 11.2 Å². The Labute approximate surface area is 115 Å². The predicted molar refractivity (Wildman–Crippen MR) is 76.4 cm³/mol. The van der Waals surface area contributed by atoms with Crippen LogP contribution in [-0.2, 0) is 0 Å². The van der Waals surface area contributed by atoms with Crippen LogP contribution in [0.15, 0.2) is 0 Å². The van der Waals surface area contributed by atoms with Crippen molar-refractivity contribution >= 4 is 17.4 Å². The van der Waals surface area contributed by atoms with Gasteiger partial charge in [-0.3, -0.25) is 0 Å². The fourth-order valence-corrected chi connectivity index (χ4v) is 2.90. The lowest BCUT2D eigenvalue weighted by molar-refractivity contribution is 0.549. The van der Waals surface area contributed by atoms with Crippen LogP contribution in [0.4, 0.5) is 5.82 Å². The third kappa shape index (κ3) is 2.61. The summed E-state index contributed by atoms with van der Waals surface area (Å²) in [6, 6.07) is 0.598. The summed E-state index contributed by atoms with van der Waals surface area (Å²) in [5.74, 6) is 1.03. The Morgan fingerprint density at radius 2 is 1.94 bits per heavy atom. The summed E-state index contributed by atoms with van der Waals surface area (Å²) in [6.07, 6.45) is 6.33. The van der Waals surface area contributed by atoms with Gasteiger partial charge in [0.1, 0.15) is 0 Å². The van der Waals surface area contributed by atoms with E-state index in [-0.39, 0.29) is 0 Å². The molecule has 3 nitrogen and oxygen atoms in total. The number of aromatic nitrogens is 2. The number of rotatable bonds is 2. The molecule has 1 fully saturated rings. The van der Waals surface area contributed by atoms with Gasteiger partial charge >= 0.3 is 0 Å². The topological polar surface area (TPSA) is 29.0 Å². The van der Waals surface area contributed by atoms with Crippen LogP contribution >= 0.6 is 11.6 Å². The van der Waals surface area contributed by atoms with Gasteiger partial charge in [0.25, 0.3) is 0 Å². The number of anilines is 1. The highest BCUT2D eigenvalue weighted by Crippen LogP contribution is 2.29. The van der Waals surface area contributed by atoms with Crippen molar-refractivity contribution in [3.05, 3.63) is 16.3 Å². The van der Waals surface area contributed by atoms with Crippen LogP contribution in [0, 0.1) is 13.8 Å². The highest BCUT2D eigenvalue weighted by Gasteiger charge is 2.23. The van der Waals surface area contributed by atoms with Crippen LogP contribution in [0.2, 0.25) is 5.15 Å². The third-order valence-corrected chi connectivity index (χ3v) is 4.42. The molecule has 0 spiro atoms. The second kappa shape index (κ2) is 5.87. The van der Waals surface area contributed by atoms with Crippen LogP contribution in [0.25, 0.3) is 0 Å². The molecule has 1 aliphatic rings. The zero-order valence-electron chi connectivity index (χ0n) is 11.5. The summed E-state index contributed by atoms with van der Waals surface area (Å²) in [4.78, 5) is 2.44. The molecule has 0 saturated carbocycles. The summed E-state index contributed by atoms with van der Waals surface area (Å²) in [5.41, 5.74) is 2.23. The summed E-state index contributed by atoms with van der Waals surface area (Å²) < 4.78 is 0. The van der Waals surface area contributed by atoms with Crippen molar-refractivity contribution in [2.75, 3.05) is 11.4 Å². The Hall–Kier alpha value is -0.830. The maximum Gasteiger partial charge on any atom is 0.155 e. The monoisotopic (exact) mass is 267 g/mol. The summed E-state index contributed by atoms with van der Waals surface area (Å²) in [5, 5.41) is 8.96. The molecule has 0 aromatic carbocycles. The average Bonchev–Trinajstić information content (AvgIpc) is 2.61. The van der Waals surface area contributed by atoms with E-state index in [1.165, 1.54) is 37.7 Å². The van der Waals surface area contributed by atoms with Crippen molar-refractivity contribution in [2.24, 2.45) is 0 Å². The van der Waals surface area contributed by atoms with E-state index in [1.807, 2.05) is 6.92 Å². The van der Waals surface area contributed by atoms with Gasteiger partial charge in [-0.25, -0.2) is 0 Å². The Bertz CT molecular complexity index is 420. The minimum absolute atomic E-state index is 0.527. The number of hydrogen-bond donors (Lipinski definition) is 0. The fourth-order valence-electron chi connectivity index (χ4n) is 2.72. The molecule has 0 bridgehead atoms. The lowest BCUT2D eigenvalue weighted by atomic mass is 10.1. The maximum absolute atomic E-state index is 6.04. The van der Waals surface area contributed by atoms with E-state index in [0.717, 1.165) is 17.9 Å². The normalized spacial score (nSPS) is 20.9. The molecule has 0 aliphatic carbocycles. The van der Waals surface area contributed by atoms with Gasteiger partial charge in [0.2, 0.25) is 0 Å². The van der Waals surface area contributed by atoms with E-state index in [2.05, 4.69) is 28.9 Å². The number of nitrogens with zero attached hydrogens (tertiary/aromatic N) is 3. The SMILES string of the molecule is CCC1CCCCCN1c1nnc(Cl)c(C)c1C. The minimum Gasteiger partial charge on any atom is -0.352 e. The van der Waals surface area contributed by atoms with E-state index in [9.17, 15) is 0 Å². The molecular formula is C14H22ClN3. The molecular weight excluding hydrogens is 246 g/mol. The van der Waals surface area contributed by atoms with Crippen molar-refractivity contribution in [1.29, 1.82) is 0 Å². The highest BCUT2D eigenvalue weighted by molar-refractivity contribution is 6.30. The molecule has 1 aromatic heterocycles. The second-order valence-corrected chi connectivity index (χ2v) is 5.53. The van der Waals surface area contributed by atoms with Gasteiger partial charge in [0.15, 0.2) is 11.0 Å². The minimum atomic E-state index is 0.527. The Morgan fingerprint density at radius 1 is 1.17 bits per heavy atom. The van der Waals surface area contributed by atoms with Gasteiger partial charge < -0.3 is 4.90 Å². The Morgan fingerprint density at radius 3 is 2.67 bits per heavy atom. The largest absolute Gasteiger partial charge is 0.352 e. The molecule has 1 aromatic rings. The summed E-state index contributed by atoms with van der Waals surface area (Å²) in [7, 11) is 0. The second-order valence-electron chi connectivity index (χ2n) is 5.17. The quantitative estimate of drug-likeness (QED) is 0.814. The molecule has 2 rings (SSSR count). The van der Waals surface area contributed by atoms with Crippen LogP contribution in [-0.4, -0.2) is 22.8 Å². The molecule has 2 heterocycles. The van der Waals surface area contributed by atoms with Crippen molar-refractivity contribution in [3.63, 3.8) is 0 Å². The van der Waals surface area contributed by atoms with Gasteiger partial charge in [0, 0.05) is 12.6 Å². The van der Waals surface area contributed by atoms with Crippen LogP contribution in [0.1, 0.15) is 50.2 Å². The molecule has 4 heteroatoms. The van der Waals surface area contributed by atoms with Gasteiger partial charge in [0.05, 0.1) is 0 Å². The fraction of sp³-hybridized carbons (Fsp3) is 0.714. The molecule has 0 amide bonds. The van der Waals surface area contributed by atoms with Crippen LogP contribution < -0.4 is 4.90 Å². The molecule has 1 aliphatic heterocycles. The Kier molecular flexibility index (Phi) is 4.44. The zero-order chi connectivity index (χ0) is 13.1. The molecule has 0 N–H and O–H groups in total. The lowest BCUT2D eigenvalue weighted by Crippen LogP contribution is -2.36. The lowest BCUT2D eigenvalue weighted by Gasteiger charge is -2.31. The molecule has 1 saturated heterocycles. The van der Waals surface area contributed by atoms with Crippen molar-refractivity contribution in [3.8, 4) is 0 Å². The number of halogens is 1. The smallest absolute Gasteiger partial charge is 0.155 e. The highest BCUT2D eigenvalue weighted by atomic mass is 35.5. The molecule has 1 unspecified atom stereocenters. The van der Waals surface area contributed by atoms with E-state index >= 15 is 0 Å². The molecule has 0 radical (unpaired) electrons. The standard InChI is InChI=1S/C14H22ClN3/c1-4-12-8-6-5-7-9-18(12)14-11(3)10(2)13(15)16-17-14/h12H,4-9H2,1-3H3.